The van der Waals surface area contributed by atoms with Crippen molar-refractivity contribution in [3.05, 3.63) is 35.9 Å². The summed E-state index contributed by atoms with van der Waals surface area (Å²) in [4.78, 5) is 14.4. The molecule has 1 aliphatic heterocycles. The summed E-state index contributed by atoms with van der Waals surface area (Å²) in [6.45, 7) is 1.29. The van der Waals surface area contributed by atoms with Gasteiger partial charge >= 0.3 is 20.3 Å². The SMILES string of the molecule is O=C(N1CCN(C2(c3ccccc3)CC2)CC1)C(F)(F)F.O=S(=O)(Cl)Cl. The van der Waals surface area contributed by atoms with Gasteiger partial charge in [0.1, 0.15) is 0 Å². The minimum absolute atomic E-state index is 0.0192. The third-order valence-electron chi connectivity index (χ3n) is 4.45. The van der Waals surface area contributed by atoms with Crippen LogP contribution in [0.4, 0.5) is 13.2 Å². The monoisotopic (exact) mass is 432 g/mol. The van der Waals surface area contributed by atoms with E-state index in [9.17, 15) is 18.0 Å². The summed E-state index contributed by atoms with van der Waals surface area (Å²) in [5.41, 5.74) is 1.20. The van der Waals surface area contributed by atoms with Gasteiger partial charge < -0.3 is 4.90 Å². The van der Waals surface area contributed by atoms with E-state index in [1.54, 1.807) is 0 Å². The van der Waals surface area contributed by atoms with Crippen LogP contribution in [0.5, 0.6) is 0 Å². The van der Waals surface area contributed by atoms with Crippen molar-refractivity contribution in [1.82, 2.24) is 9.80 Å². The lowest BCUT2D eigenvalue weighted by molar-refractivity contribution is -0.187. The number of hydrogen-bond donors (Lipinski definition) is 0. The van der Waals surface area contributed by atoms with Crippen LogP contribution < -0.4 is 0 Å². The van der Waals surface area contributed by atoms with Gasteiger partial charge in [-0.25, -0.2) is 0 Å². The molecule has 0 bridgehead atoms. The summed E-state index contributed by atoms with van der Waals surface area (Å²) in [6.07, 6.45) is -2.70. The fourth-order valence-electron chi connectivity index (χ4n) is 3.17. The lowest BCUT2D eigenvalue weighted by Crippen LogP contribution is -2.54. The van der Waals surface area contributed by atoms with Crippen molar-refractivity contribution in [2.24, 2.45) is 0 Å². The smallest absolute Gasteiger partial charge is 0.332 e. The molecule has 0 radical (unpaired) electrons. The highest BCUT2D eigenvalue weighted by molar-refractivity contribution is 8.31. The van der Waals surface area contributed by atoms with Crippen LogP contribution in [-0.2, 0) is 18.6 Å². The highest BCUT2D eigenvalue weighted by Gasteiger charge is 2.51. The lowest BCUT2D eigenvalue weighted by Gasteiger charge is -2.40. The van der Waals surface area contributed by atoms with Gasteiger partial charge in [0.05, 0.1) is 0 Å². The van der Waals surface area contributed by atoms with E-state index in [0.717, 1.165) is 17.7 Å². The number of benzene rings is 1. The van der Waals surface area contributed by atoms with Crippen LogP contribution in [0.15, 0.2) is 30.3 Å². The van der Waals surface area contributed by atoms with Crippen molar-refractivity contribution in [3.63, 3.8) is 0 Å². The summed E-state index contributed by atoms with van der Waals surface area (Å²) in [6, 6.07) is 10.1. The molecule has 26 heavy (non-hydrogen) atoms. The number of hydrogen-bond acceptors (Lipinski definition) is 4. The number of alkyl halides is 3. The first-order valence-corrected chi connectivity index (χ1v) is 10.9. The number of carbonyl (C=O) groups excluding carboxylic acids is 1. The van der Waals surface area contributed by atoms with Gasteiger partial charge in [0.25, 0.3) is 0 Å². The highest BCUT2D eigenvalue weighted by Crippen LogP contribution is 2.51. The summed E-state index contributed by atoms with van der Waals surface area (Å²) >= 11 is 0. The Morgan fingerprint density at radius 3 is 1.85 bits per heavy atom. The first-order chi connectivity index (χ1) is 11.9. The molecule has 1 aromatic carbocycles. The van der Waals surface area contributed by atoms with Crippen molar-refractivity contribution in [3.8, 4) is 0 Å². The van der Waals surface area contributed by atoms with Gasteiger partial charge in [-0.15, -0.1) is 0 Å². The minimum atomic E-state index is -4.77. The average Bonchev–Trinajstić information content (AvgIpc) is 3.35. The topological polar surface area (TPSA) is 57.7 Å². The van der Waals surface area contributed by atoms with E-state index in [2.05, 4.69) is 38.4 Å². The van der Waals surface area contributed by atoms with Gasteiger partial charge in [-0.05, 0) is 18.4 Å². The predicted octanol–water partition coefficient (Wildman–Crippen LogP) is 3.09. The van der Waals surface area contributed by atoms with Crippen LogP contribution in [0.2, 0.25) is 0 Å². The molecule has 5 nitrogen and oxygen atoms in total. The van der Waals surface area contributed by atoms with E-state index in [0.29, 0.717) is 13.1 Å². The number of rotatable bonds is 2. The molecule has 146 valence electrons. The molecule has 0 N–H and O–H groups in total. The van der Waals surface area contributed by atoms with Crippen LogP contribution in [0.3, 0.4) is 0 Å². The zero-order valence-electron chi connectivity index (χ0n) is 13.5. The van der Waals surface area contributed by atoms with E-state index in [4.69, 9.17) is 8.42 Å². The Hall–Kier alpha value is -1.03. The molecule has 1 aliphatic carbocycles. The van der Waals surface area contributed by atoms with Crippen molar-refractivity contribution in [1.29, 1.82) is 0 Å². The molecular formula is C15H17Cl2F3N2O3S. The third-order valence-corrected chi connectivity index (χ3v) is 4.45. The number of nitrogens with zero attached hydrogens (tertiary/aromatic N) is 2. The van der Waals surface area contributed by atoms with Gasteiger partial charge in [0.15, 0.2) is 0 Å². The van der Waals surface area contributed by atoms with Crippen LogP contribution in [0, 0.1) is 0 Å². The zero-order valence-corrected chi connectivity index (χ0v) is 15.9. The summed E-state index contributed by atoms with van der Waals surface area (Å²) in [5, 5.41) is 0. The first-order valence-electron chi connectivity index (χ1n) is 7.74. The van der Waals surface area contributed by atoms with E-state index in [1.807, 2.05) is 18.2 Å². The first kappa shape index (κ1) is 21.3. The Morgan fingerprint density at radius 2 is 1.46 bits per heavy atom. The van der Waals surface area contributed by atoms with Crippen molar-refractivity contribution < 1.29 is 26.4 Å². The lowest BCUT2D eigenvalue weighted by atomic mass is 10.0. The quantitative estimate of drug-likeness (QED) is 0.673. The molecule has 1 saturated heterocycles. The van der Waals surface area contributed by atoms with Crippen molar-refractivity contribution in [2.45, 2.75) is 24.6 Å². The molecule has 1 heterocycles. The van der Waals surface area contributed by atoms with Gasteiger partial charge in [-0.2, -0.15) is 21.6 Å². The fourth-order valence-corrected chi connectivity index (χ4v) is 3.17. The molecule has 0 unspecified atom stereocenters. The standard InChI is InChI=1S/C15H17F3N2O.Cl2O2S/c16-15(17,18)13(21)19-8-10-20(11-9-19)14(6-7-14)12-4-2-1-3-5-12;1-5(2,3)4/h1-5H,6-11H2;. The maximum atomic E-state index is 12.4. The second kappa shape index (κ2) is 7.92. The van der Waals surface area contributed by atoms with Crippen LogP contribution >= 0.6 is 21.4 Å². The van der Waals surface area contributed by atoms with Gasteiger partial charge in [-0.1, -0.05) is 30.3 Å². The predicted molar refractivity (Wildman–Crippen MR) is 92.2 cm³/mol. The maximum absolute atomic E-state index is 12.4. The molecule has 1 amide bonds. The van der Waals surface area contributed by atoms with Gasteiger partial charge in [-0.3, -0.25) is 9.69 Å². The molecule has 2 fully saturated rings. The summed E-state index contributed by atoms with van der Waals surface area (Å²) in [7, 11) is 4.81. The third kappa shape index (κ3) is 5.73. The number of piperazine rings is 1. The maximum Gasteiger partial charge on any atom is 0.471 e. The van der Waals surface area contributed by atoms with Gasteiger partial charge in [0, 0.05) is 53.1 Å². The number of halogens is 5. The normalized spacial score (nSPS) is 20.1. The molecule has 3 rings (SSSR count). The highest BCUT2D eigenvalue weighted by atomic mass is 36.0. The molecule has 11 heteroatoms. The average molecular weight is 433 g/mol. The van der Waals surface area contributed by atoms with Crippen LogP contribution in [-0.4, -0.2) is 56.5 Å². The Labute approximate surface area is 158 Å². The Kier molecular flexibility index (Phi) is 6.48. The van der Waals surface area contributed by atoms with E-state index >= 15 is 0 Å². The molecule has 0 spiro atoms. The van der Waals surface area contributed by atoms with Gasteiger partial charge in [0.2, 0.25) is 0 Å². The van der Waals surface area contributed by atoms with Crippen LogP contribution in [0.1, 0.15) is 18.4 Å². The summed E-state index contributed by atoms with van der Waals surface area (Å²) < 4.78 is 55.6. The zero-order chi connectivity index (χ0) is 19.6. The minimum Gasteiger partial charge on any atom is -0.332 e. The molecular weight excluding hydrogens is 416 g/mol. The molecule has 2 aliphatic rings. The molecule has 1 saturated carbocycles. The largest absolute Gasteiger partial charge is 0.471 e. The second-order valence-electron chi connectivity index (χ2n) is 6.05. The molecule has 1 aromatic rings. The van der Waals surface area contributed by atoms with E-state index in [1.165, 1.54) is 5.56 Å². The van der Waals surface area contributed by atoms with Crippen LogP contribution in [0.25, 0.3) is 0 Å². The Bertz CT molecular complexity index is 724. The van der Waals surface area contributed by atoms with Crippen molar-refractivity contribution >= 4 is 35.5 Å². The Balaban J connectivity index is 0.000000431. The number of amides is 1. The molecule has 0 aromatic heterocycles. The number of carbonyl (C=O) groups is 1. The van der Waals surface area contributed by atoms with E-state index in [-0.39, 0.29) is 18.6 Å². The second-order valence-corrected chi connectivity index (χ2v) is 9.72. The fraction of sp³-hybridized carbons (Fsp3) is 0.533. The van der Waals surface area contributed by atoms with E-state index < -0.39 is 20.3 Å². The summed E-state index contributed by atoms with van der Waals surface area (Å²) in [5.74, 6) is -1.72. The van der Waals surface area contributed by atoms with Crippen molar-refractivity contribution in [2.75, 3.05) is 26.2 Å². The Morgan fingerprint density at radius 1 is 1.00 bits per heavy atom. The molecule has 0 atom stereocenters.